The zero-order valence-corrected chi connectivity index (χ0v) is 15.3. The molecular weight excluding hydrogens is 360 g/mol. The largest absolute Gasteiger partial charge is 0.460 e. The number of hydrogen-bond acceptors (Lipinski definition) is 6. The molecule has 2 saturated heterocycles. The summed E-state index contributed by atoms with van der Waals surface area (Å²) >= 11 is 0. The lowest BCUT2D eigenvalue weighted by Gasteiger charge is -2.35. The van der Waals surface area contributed by atoms with Crippen LogP contribution in [0.5, 0.6) is 0 Å². The molecule has 0 saturated carbocycles. The number of fused-ring (bicyclic) bond motifs is 1. The number of ether oxygens (including phenoxy) is 1. The van der Waals surface area contributed by atoms with E-state index in [1.807, 2.05) is 29.0 Å². The maximum Gasteiger partial charge on any atom is 0.312 e. The predicted octanol–water partition coefficient (Wildman–Crippen LogP) is 2.26. The summed E-state index contributed by atoms with van der Waals surface area (Å²) in [5.74, 6) is -0.275. The topological polar surface area (TPSA) is 90.5 Å². The molecular formula is C20H20N4O4. The molecule has 1 unspecified atom stereocenters. The molecule has 28 heavy (non-hydrogen) atoms. The minimum Gasteiger partial charge on any atom is -0.460 e. The molecule has 2 aromatic heterocycles. The van der Waals surface area contributed by atoms with Crippen molar-refractivity contribution in [3.05, 3.63) is 48.9 Å². The first kappa shape index (κ1) is 17.0. The average molecular weight is 380 g/mol. The number of nitrogens with zero attached hydrogens (tertiary/aromatic N) is 4. The van der Waals surface area contributed by atoms with Crippen LogP contribution in [-0.4, -0.2) is 50.5 Å². The molecule has 1 atom stereocenters. The number of benzene rings is 1. The first-order chi connectivity index (χ1) is 13.6. The van der Waals surface area contributed by atoms with Crippen LogP contribution < -0.4 is 0 Å². The number of esters is 1. The lowest BCUT2D eigenvalue weighted by molar-refractivity contribution is -0.150. The van der Waals surface area contributed by atoms with Crippen molar-refractivity contribution >= 4 is 23.0 Å². The van der Waals surface area contributed by atoms with E-state index in [0.29, 0.717) is 50.0 Å². The van der Waals surface area contributed by atoms with Crippen LogP contribution in [0.1, 0.15) is 29.9 Å². The van der Waals surface area contributed by atoms with E-state index in [2.05, 4.69) is 9.97 Å². The van der Waals surface area contributed by atoms with Gasteiger partial charge in [0.05, 0.1) is 18.3 Å². The van der Waals surface area contributed by atoms with E-state index in [1.54, 1.807) is 23.5 Å². The smallest absolute Gasteiger partial charge is 0.312 e. The highest BCUT2D eigenvalue weighted by atomic mass is 16.6. The number of oxazole rings is 1. The summed E-state index contributed by atoms with van der Waals surface area (Å²) in [7, 11) is 0. The van der Waals surface area contributed by atoms with E-state index in [4.69, 9.17) is 9.15 Å². The molecule has 5 rings (SSSR count). The Morgan fingerprint density at radius 3 is 2.82 bits per heavy atom. The number of carbonyl (C=O) groups excluding carboxylic acids is 2. The van der Waals surface area contributed by atoms with E-state index in [-0.39, 0.29) is 23.9 Å². The Balaban J connectivity index is 1.25. The standard InChI is InChI=1S/C20H20N4O4/c25-18(17-22-15-3-1-2-4-16(15)28-17)24-8-5-20(6-9-24)11-14(27-19(20)26)12-23-10-7-21-13-23/h1-4,7,10,13-14H,5-6,8-9,11-12H2. The summed E-state index contributed by atoms with van der Waals surface area (Å²) < 4.78 is 13.1. The second kappa shape index (κ2) is 6.47. The Labute approximate surface area is 161 Å². The molecule has 0 bridgehead atoms. The van der Waals surface area contributed by atoms with Gasteiger partial charge < -0.3 is 18.6 Å². The van der Waals surface area contributed by atoms with Crippen LogP contribution in [0.3, 0.4) is 0 Å². The molecule has 144 valence electrons. The SMILES string of the molecule is O=C(c1nc2ccccc2o1)N1CCC2(CC1)CC(Cn1ccnc1)OC2=O. The number of rotatable bonds is 3. The highest BCUT2D eigenvalue weighted by Gasteiger charge is 2.51. The lowest BCUT2D eigenvalue weighted by atomic mass is 9.76. The number of likely N-dealkylation sites (tertiary alicyclic amines) is 1. The quantitative estimate of drug-likeness (QED) is 0.648. The Morgan fingerprint density at radius 2 is 2.07 bits per heavy atom. The zero-order valence-electron chi connectivity index (χ0n) is 15.3. The van der Waals surface area contributed by atoms with Crippen molar-refractivity contribution in [3.63, 3.8) is 0 Å². The lowest BCUT2D eigenvalue weighted by Crippen LogP contribution is -2.45. The van der Waals surface area contributed by atoms with Crippen LogP contribution in [-0.2, 0) is 16.1 Å². The summed E-state index contributed by atoms with van der Waals surface area (Å²) in [5.41, 5.74) is 0.769. The van der Waals surface area contributed by atoms with Gasteiger partial charge in [0.1, 0.15) is 11.6 Å². The first-order valence-corrected chi connectivity index (χ1v) is 9.45. The van der Waals surface area contributed by atoms with E-state index in [9.17, 15) is 9.59 Å². The van der Waals surface area contributed by atoms with E-state index >= 15 is 0 Å². The second-order valence-corrected chi connectivity index (χ2v) is 7.55. The van der Waals surface area contributed by atoms with Crippen molar-refractivity contribution in [2.45, 2.75) is 31.9 Å². The summed E-state index contributed by atoms with van der Waals surface area (Å²) in [5, 5.41) is 0. The monoisotopic (exact) mass is 380 g/mol. The van der Waals surface area contributed by atoms with Crippen LogP contribution in [0.2, 0.25) is 0 Å². The number of cyclic esters (lactones) is 1. The molecule has 1 aromatic carbocycles. The van der Waals surface area contributed by atoms with Gasteiger partial charge in [0.15, 0.2) is 5.58 Å². The van der Waals surface area contributed by atoms with Gasteiger partial charge in [0.25, 0.3) is 5.89 Å². The molecule has 2 aliphatic heterocycles. The molecule has 2 fully saturated rings. The van der Waals surface area contributed by atoms with Gasteiger partial charge in [0.2, 0.25) is 0 Å². The van der Waals surface area contributed by atoms with E-state index < -0.39 is 5.41 Å². The summed E-state index contributed by atoms with van der Waals surface area (Å²) in [6.45, 7) is 1.59. The van der Waals surface area contributed by atoms with Crippen molar-refractivity contribution in [1.82, 2.24) is 19.4 Å². The number of piperidine rings is 1. The Morgan fingerprint density at radius 1 is 1.25 bits per heavy atom. The van der Waals surface area contributed by atoms with Crippen molar-refractivity contribution in [3.8, 4) is 0 Å². The van der Waals surface area contributed by atoms with E-state index in [1.165, 1.54) is 0 Å². The second-order valence-electron chi connectivity index (χ2n) is 7.55. The van der Waals surface area contributed by atoms with Crippen molar-refractivity contribution in [2.24, 2.45) is 5.41 Å². The van der Waals surface area contributed by atoms with Crippen LogP contribution in [0.4, 0.5) is 0 Å². The van der Waals surface area contributed by atoms with Crippen LogP contribution in [0.15, 0.2) is 47.4 Å². The van der Waals surface area contributed by atoms with Crippen LogP contribution in [0, 0.1) is 5.41 Å². The highest BCUT2D eigenvalue weighted by molar-refractivity contribution is 5.92. The number of amides is 1. The average Bonchev–Trinajstić information content (AvgIpc) is 3.42. The molecule has 8 nitrogen and oxygen atoms in total. The fourth-order valence-electron chi connectivity index (χ4n) is 4.21. The number of imidazole rings is 1. The third kappa shape index (κ3) is 2.85. The molecule has 1 spiro atoms. The van der Waals surface area contributed by atoms with Gasteiger partial charge in [-0.1, -0.05) is 12.1 Å². The Bertz CT molecular complexity index is 985. The fraction of sp³-hybridized carbons (Fsp3) is 0.400. The predicted molar refractivity (Wildman–Crippen MR) is 98.3 cm³/mol. The molecule has 4 heterocycles. The Hall–Kier alpha value is -3.16. The van der Waals surface area contributed by atoms with Gasteiger partial charge in [-0.3, -0.25) is 9.59 Å². The first-order valence-electron chi connectivity index (χ1n) is 9.45. The van der Waals surface area contributed by atoms with Crippen molar-refractivity contribution in [2.75, 3.05) is 13.1 Å². The Kier molecular flexibility index (Phi) is 3.92. The summed E-state index contributed by atoms with van der Waals surface area (Å²) in [6.07, 6.45) is 7.01. The highest BCUT2D eigenvalue weighted by Crippen LogP contribution is 2.43. The van der Waals surface area contributed by atoms with Crippen LogP contribution >= 0.6 is 0 Å². The minimum absolute atomic E-state index is 0.101. The number of para-hydroxylation sites is 2. The van der Waals surface area contributed by atoms with Gasteiger partial charge in [0, 0.05) is 31.9 Å². The molecule has 1 amide bonds. The van der Waals surface area contributed by atoms with Gasteiger partial charge in [-0.2, -0.15) is 0 Å². The number of carbonyl (C=O) groups is 2. The molecule has 0 radical (unpaired) electrons. The maximum atomic E-state index is 12.8. The third-order valence-electron chi connectivity index (χ3n) is 5.78. The summed E-state index contributed by atoms with van der Waals surface area (Å²) in [6, 6.07) is 7.31. The van der Waals surface area contributed by atoms with Gasteiger partial charge >= 0.3 is 11.9 Å². The molecule has 0 aliphatic carbocycles. The normalized spacial score (nSPS) is 21.4. The molecule has 8 heteroatoms. The van der Waals surface area contributed by atoms with Crippen molar-refractivity contribution < 1.29 is 18.7 Å². The van der Waals surface area contributed by atoms with Crippen LogP contribution in [0.25, 0.3) is 11.1 Å². The molecule has 3 aromatic rings. The van der Waals surface area contributed by atoms with Gasteiger partial charge in [-0.15, -0.1) is 0 Å². The molecule has 2 aliphatic rings. The number of aromatic nitrogens is 3. The third-order valence-corrected chi connectivity index (χ3v) is 5.78. The van der Waals surface area contributed by atoms with E-state index in [0.717, 1.165) is 0 Å². The van der Waals surface area contributed by atoms with Crippen molar-refractivity contribution in [1.29, 1.82) is 0 Å². The molecule has 0 N–H and O–H groups in total. The minimum atomic E-state index is -0.497. The van der Waals surface area contributed by atoms with Gasteiger partial charge in [-0.05, 0) is 25.0 Å². The zero-order chi connectivity index (χ0) is 19.1. The number of hydrogen-bond donors (Lipinski definition) is 0. The summed E-state index contributed by atoms with van der Waals surface area (Å²) in [4.78, 5) is 35.4. The van der Waals surface area contributed by atoms with Gasteiger partial charge in [-0.25, -0.2) is 9.97 Å². The maximum absolute atomic E-state index is 12.8. The fourth-order valence-corrected chi connectivity index (χ4v) is 4.21.